The largest absolute Gasteiger partial charge is 0.455 e. The number of carbonyl (C=O) groups is 2. The number of nitrogens with two attached hydrogens (primary N) is 1. The Kier molecular flexibility index (Phi) is 6.24. The number of carbonyl (C=O) groups excluding carboxylic acids is 2. The molecule has 1 fully saturated rings. The van der Waals surface area contributed by atoms with Crippen LogP contribution in [0.3, 0.4) is 0 Å². The summed E-state index contributed by atoms with van der Waals surface area (Å²) in [6.07, 6.45) is 2.79. The fraction of sp³-hybridized carbons (Fsp3) is 0.364. The maximum Gasteiger partial charge on any atom is 0.291 e. The van der Waals surface area contributed by atoms with Crippen LogP contribution in [-0.2, 0) is 6.54 Å². The van der Waals surface area contributed by atoms with Gasteiger partial charge in [0.2, 0.25) is 5.76 Å². The van der Waals surface area contributed by atoms with Gasteiger partial charge in [-0.3, -0.25) is 14.5 Å². The lowest BCUT2D eigenvalue weighted by atomic mass is 9.94. The van der Waals surface area contributed by atoms with E-state index in [4.69, 9.17) is 19.7 Å². The van der Waals surface area contributed by atoms with Gasteiger partial charge in [0.05, 0.1) is 11.9 Å². The van der Waals surface area contributed by atoms with Gasteiger partial charge in [-0.2, -0.15) is 0 Å². The minimum absolute atomic E-state index is 0.0307. The number of furan rings is 2. The topological polar surface area (TPSA) is 122 Å². The van der Waals surface area contributed by atoms with Gasteiger partial charge in [-0.05, 0) is 56.5 Å². The molecule has 0 unspecified atom stereocenters. The van der Waals surface area contributed by atoms with Crippen LogP contribution in [-0.4, -0.2) is 41.5 Å². The van der Waals surface area contributed by atoms with Crippen molar-refractivity contribution in [3.8, 4) is 0 Å². The zero-order valence-electron chi connectivity index (χ0n) is 17.2. The Bertz CT molecular complexity index is 1150. The summed E-state index contributed by atoms with van der Waals surface area (Å²) in [6.45, 7) is 2.46. The van der Waals surface area contributed by atoms with E-state index in [2.05, 4.69) is 10.2 Å². The minimum atomic E-state index is -1.04. The molecule has 0 atom stereocenters. The van der Waals surface area contributed by atoms with Crippen molar-refractivity contribution in [2.45, 2.75) is 25.8 Å². The monoisotopic (exact) mass is 447 g/mol. The first kappa shape index (κ1) is 22.0. The minimum Gasteiger partial charge on any atom is -0.455 e. The molecule has 0 saturated carbocycles. The highest BCUT2D eigenvalue weighted by atomic mass is 19.1. The number of fused-ring (bicyclic) bond motifs is 1. The zero-order chi connectivity index (χ0) is 22.8. The summed E-state index contributed by atoms with van der Waals surface area (Å²) in [5.41, 5.74) is 4.66. The number of primary amides is 1. The molecule has 170 valence electrons. The second-order valence-electron chi connectivity index (χ2n) is 7.89. The molecule has 4 N–H and O–H groups in total. The number of benzene rings is 1. The number of hydrogen-bond donors (Lipinski definition) is 3. The van der Waals surface area contributed by atoms with Crippen LogP contribution in [0.2, 0.25) is 0 Å². The van der Waals surface area contributed by atoms with Gasteiger partial charge in [-0.1, -0.05) is 0 Å². The molecule has 3 heterocycles. The molecule has 1 aliphatic heterocycles. The lowest BCUT2D eigenvalue weighted by Gasteiger charge is -2.30. The Morgan fingerprint density at radius 1 is 1.19 bits per heavy atom. The van der Waals surface area contributed by atoms with Gasteiger partial charge < -0.3 is 25.0 Å². The number of anilines is 1. The first-order valence-corrected chi connectivity index (χ1v) is 10.3. The third-order valence-corrected chi connectivity index (χ3v) is 5.68. The second kappa shape index (κ2) is 9.09. The number of aliphatic hydroxyl groups is 1. The van der Waals surface area contributed by atoms with E-state index >= 15 is 0 Å². The number of hydrogen-bond acceptors (Lipinski definition) is 6. The number of rotatable bonds is 7. The van der Waals surface area contributed by atoms with Crippen LogP contribution >= 0.6 is 0 Å². The number of halogens is 2. The van der Waals surface area contributed by atoms with Gasteiger partial charge in [0, 0.05) is 12.7 Å². The van der Waals surface area contributed by atoms with Crippen molar-refractivity contribution in [3.63, 3.8) is 0 Å². The van der Waals surface area contributed by atoms with Gasteiger partial charge in [0.15, 0.2) is 17.2 Å². The molecule has 4 rings (SSSR count). The summed E-state index contributed by atoms with van der Waals surface area (Å²) in [6, 6.07) is 4.71. The van der Waals surface area contributed by atoms with E-state index in [0.29, 0.717) is 24.3 Å². The normalized spacial score (nSPS) is 15.3. The zero-order valence-corrected chi connectivity index (χ0v) is 17.2. The van der Waals surface area contributed by atoms with Gasteiger partial charge in [0.25, 0.3) is 11.8 Å². The quantitative estimate of drug-likeness (QED) is 0.511. The molecule has 8 nitrogen and oxygen atoms in total. The van der Waals surface area contributed by atoms with E-state index in [1.807, 2.05) is 0 Å². The Morgan fingerprint density at radius 2 is 1.94 bits per heavy atom. The Morgan fingerprint density at radius 3 is 2.62 bits per heavy atom. The Labute approximate surface area is 182 Å². The molecule has 1 aromatic carbocycles. The third-order valence-electron chi connectivity index (χ3n) is 5.68. The van der Waals surface area contributed by atoms with Crippen molar-refractivity contribution in [1.29, 1.82) is 0 Å². The highest BCUT2D eigenvalue weighted by molar-refractivity contribution is 6.13. The van der Waals surface area contributed by atoms with Crippen molar-refractivity contribution in [1.82, 2.24) is 4.90 Å². The first-order chi connectivity index (χ1) is 15.4. The third kappa shape index (κ3) is 4.51. The highest BCUT2D eigenvalue weighted by Gasteiger charge is 2.25. The van der Waals surface area contributed by atoms with Crippen LogP contribution in [0.1, 0.15) is 46.1 Å². The van der Waals surface area contributed by atoms with Gasteiger partial charge in [-0.15, -0.1) is 0 Å². The summed E-state index contributed by atoms with van der Waals surface area (Å²) in [5.74, 6) is -3.09. The van der Waals surface area contributed by atoms with E-state index in [1.165, 1.54) is 6.07 Å². The van der Waals surface area contributed by atoms with Crippen LogP contribution in [0.15, 0.2) is 33.1 Å². The first-order valence-electron chi connectivity index (χ1n) is 10.3. The van der Waals surface area contributed by atoms with Gasteiger partial charge in [-0.25, -0.2) is 8.78 Å². The van der Waals surface area contributed by atoms with Crippen LogP contribution < -0.4 is 11.1 Å². The van der Waals surface area contributed by atoms with Gasteiger partial charge in [0.1, 0.15) is 17.3 Å². The standard InChI is InChI=1S/C22H23F2N3O5/c23-13-9-15-18(20(21(25)29)32-19(15)16(24)10-13)26-22(30)17-2-1-14(31-17)11-27-6-3-12(4-7-27)5-8-28/h1-2,9-10,12,28H,3-8,11H2,(H2,25,29)(H,26,30). The average molecular weight is 447 g/mol. The van der Waals surface area contributed by atoms with Gasteiger partial charge >= 0.3 is 0 Å². The van der Waals surface area contributed by atoms with Crippen LogP contribution in [0.5, 0.6) is 0 Å². The van der Waals surface area contributed by atoms with Crippen LogP contribution in [0.4, 0.5) is 14.5 Å². The van der Waals surface area contributed by atoms with E-state index in [1.54, 1.807) is 6.07 Å². The van der Waals surface area contributed by atoms with Crippen molar-refractivity contribution in [3.05, 3.63) is 53.2 Å². The fourth-order valence-corrected chi connectivity index (χ4v) is 4.02. The molecule has 1 aliphatic rings. The molecule has 0 radical (unpaired) electrons. The molecule has 0 bridgehead atoms. The molecule has 2 aromatic heterocycles. The Hall–Kier alpha value is -3.24. The molecule has 0 spiro atoms. The van der Waals surface area contributed by atoms with Crippen LogP contribution in [0, 0.1) is 17.6 Å². The predicted octanol–water partition coefficient (Wildman–Crippen LogP) is 3.25. The van der Waals surface area contributed by atoms with Crippen LogP contribution in [0.25, 0.3) is 11.0 Å². The smallest absolute Gasteiger partial charge is 0.291 e. The average Bonchev–Trinajstić information content (AvgIpc) is 3.35. The summed E-state index contributed by atoms with van der Waals surface area (Å²) in [7, 11) is 0. The van der Waals surface area contributed by atoms with E-state index in [-0.39, 0.29) is 29.0 Å². The van der Waals surface area contributed by atoms with E-state index < -0.39 is 29.2 Å². The number of nitrogens with one attached hydrogen (secondary N) is 1. The summed E-state index contributed by atoms with van der Waals surface area (Å²) in [5, 5.41) is 11.4. The second-order valence-corrected chi connectivity index (χ2v) is 7.89. The number of amides is 2. The predicted molar refractivity (Wildman–Crippen MR) is 111 cm³/mol. The molecule has 0 aliphatic carbocycles. The summed E-state index contributed by atoms with van der Waals surface area (Å²) in [4.78, 5) is 26.6. The van der Waals surface area contributed by atoms with Crippen molar-refractivity contribution < 1.29 is 32.3 Å². The van der Waals surface area contributed by atoms with E-state index in [0.717, 1.165) is 38.4 Å². The fourth-order valence-electron chi connectivity index (χ4n) is 4.02. The van der Waals surface area contributed by atoms with Crippen molar-refractivity contribution >= 4 is 28.5 Å². The van der Waals surface area contributed by atoms with Crippen molar-refractivity contribution in [2.75, 3.05) is 25.0 Å². The Balaban J connectivity index is 1.49. The SMILES string of the molecule is NC(=O)c1oc2c(F)cc(F)cc2c1NC(=O)c1ccc(CN2CCC(CCO)CC2)o1. The molecule has 32 heavy (non-hydrogen) atoms. The molecule has 3 aromatic rings. The maximum atomic E-state index is 14.0. The molecule has 10 heteroatoms. The summed E-state index contributed by atoms with van der Waals surface area (Å²) < 4.78 is 38.5. The number of likely N-dealkylation sites (tertiary alicyclic amines) is 1. The van der Waals surface area contributed by atoms with Crippen molar-refractivity contribution in [2.24, 2.45) is 11.7 Å². The number of piperidine rings is 1. The number of nitrogens with zero attached hydrogens (tertiary/aromatic N) is 1. The highest BCUT2D eigenvalue weighted by Crippen LogP contribution is 2.33. The number of aliphatic hydroxyl groups excluding tert-OH is 1. The lowest BCUT2D eigenvalue weighted by Crippen LogP contribution is -2.33. The maximum absolute atomic E-state index is 14.0. The molecular weight excluding hydrogens is 424 g/mol. The molecule has 2 amide bonds. The van der Waals surface area contributed by atoms with E-state index in [9.17, 15) is 18.4 Å². The molecule has 1 saturated heterocycles. The lowest BCUT2D eigenvalue weighted by molar-refractivity contribution is 0.0976. The molecular formula is C22H23F2N3O5. The summed E-state index contributed by atoms with van der Waals surface area (Å²) >= 11 is 0.